The lowest BCUT2D eigenvalue weighted by Gasteiger charge is -2.03. The lowest BCUT2D eigenvalue weighted by Crippen LogP contribution is -2.23. The lowest BCUT2D eigenvalue weighted by molar-refractivity contribution is 0.415. The molecule has 0 radical (unpaired) electrons. The van der Waals surface area contributed by atoms with Gasteiger partial charge in [0.15, 0.2) is 5.82 Å². The van der Waals surface area contributed by atoms with Crippen molar-refractivity contribution in [2.45, 2.75) is 18.2 Å². The maximum absolute atomic E-state index is 13.3. The van der Waals surface area contributed by atoms with E-state index in [9.17, 15) is 4.79 Å². The molecule has 0 aliphatic rings. The number of rotatable bonds is 9. The molecular weight excluding hydrogens is 551 g/mol. The van der Waals surface area contributed by atoms with Crippen molar-refractivity contribution in [2.24, 2.45) is 0 Å². The summed E-state index contributed by atoms with van der Waals surface area (Å²) in [7, 11) is 1.64. The van der Waals surface area contributed by atoms with E-state index in [1.165, 1.54) is 20.7 Å². The summed E-state index contributed by atoms with van der Waals surface area (Å²) in [6, 6.07) is 26.1. The van der Waals surface area contributed by atoms with E-state index in [0.29, 0.717) is 15.3 Å². The molecule has 0 saturated carbocycles. The first kappa shape index (κ1) is 26.7. The molecule has 6 rings (SSSR count). The third-order valence-electron chi connectivity index (χ3n) is 6.39. The van der Waals surface area contributed by atoms with E-state index in [2.05, 4.69) is 41.3 Å². The Labute approximate surface area is 245 Å². The summed E-state index contributed by atoms with van der Waals surface area (Å²) in [6.07, 6.45) is 8.69. The lowest BCUT2D eigenvalue weighted by atomic mass is 10.1. The first-order valence-electron chi connectivity index (χ1n) is 13.2. The third kappa shape index (κ3) is 5.86. The summed E-state index contributed by atoms with van der Waals surface area (Å²) >= 11 is 3.16. The number of nitrogens with zero attached hydrogens (tertiary/aromatic N) is 5. The summed E-state index contributed by atoms with van der Waals surface area (Å²) in [5.74, 6) is 2.36. The molecule has 3 heterocycles. The second-order valence-corrected chi connectivity index (χ2v) is 11.5. The fraction of sp³-hybridized carbons (Fsp3) is 0.125. The number of para-hydroxylation sites is 1. The van der Waals surface area contributed by atoms with Crippen LogP contribution in [0.4, 0.5) is 0 Å². The Hall–Kier alpha value is -4.47. The average molecular weight is 578 g/mol. The largest absolute Gasteiger partial charge is 0.497 e. The third-order valence-corrected chi connectivity index (χ3v) is 8.57. The predicted molar refractivity (Wildman–Crippen MR) is 168 cm³/mol. The molecule has 0 bridgehead atoms. The summed E-state index contributed by atoms with van der Waals surface area (Å²) in [6.45, 7) is 2.18. The van der Waals surface area contributed by atoms with Crippen molar-refractivity contribution in [1.29, 1.82) is 0 Å². The van der Waals surface area contributed by atoms with Gasteiger partial charge in [0.05, 0.1) is 23.0 Å². The van der Waals surface area contributed by atoms with E-state index < -0.39 is 0 Å². The highest BCUT2D eigenvalue weighted by Crippen LogP contribution is 2.27. The Morgan fingerprint density at radius 1 is 0.951 bits per heavy atom. The minimum absolute atomic E-state index is 0.202. The standard InChI is InChI=1S/C32H27N5O2S2/c1-3-19-40-27-16-12-23(13-17-27)30-24(21-36(35-30)25-7-5-4-6-8-25)20-28-31(38)37-32(41-28)33-29(34-37)18-11-22-9-14-26(39-2)15-10-22/h4-18,20-21H,3,19H2,1-2H3/b18-11+,28-20-. The zero-order valence-corrected chi connectivity index (χ0v) is 24.2. The van der Waals surface area contributed by atoms with Gasteiger partial charge in [-0.3, -0.25) is 4.79 Å². The highest BCUT2D eigenvalue weighted by atomic mass is 32.2. The van der Waals surface area contributed by atoms with Gasteiger partial charge in [0.1, 0.15) is 5.75 Å². The average Bonchev–Trinajstić information content (AvgIpc) is 3.70. The van der Waals surface area contributed by atoms with Crippen LogP contribution in [0.15, 0.2) is 94.7 Å². The smallest absolute Gasteiger partial charge is 0.291 e. The fourth-order valence-corrected chi connectivity index (χ4v) is 5.98. The van der Waals surface area contributed by atoms with Crippen LogP contribution in [0.2, 0.25) is 0 Å². The highest BCUT2D eigenvalue weighted by Gasteiger charge is 2.14. The van der Waals surface area contributed by atoms with Crippen LogP contribution in [0.3, 0.4) is 0 Å². The number of hydrogen-bond acceptors (Lipinski definition) is 7. The first-order chi connectivity index (χ1) is 20.1. The van der Waals surface area contributed by atoms with Gasteiger partial charge >= 0.3 is 0 Å². The molecule has 7 nitrogen and oxygen atoms in total. The molecule has 0 atom stereocenters. The minimum Gasteiger partial charge on any atom is -0.497 e. The first-order valence-corrected chi connectivity index (χ1v) is 15.0. The molecule has 9 heteroatoms. The number of thiazole rings is 1. The van der Waals surface area contributed by atoms with Crippen LogP contribution in [0.1, 0.15) is 30.3 Å². The number of ether oxygens (including phenoxy) is 1. The highest BCUT2D eigenvalue weighted by molar-refractivity contribution is 7.99. The van der Waals surface area contributed by atoms with Gasteiger partial charge in [-0.25, -0.2) is 4.68 Å². The molecule has 0 saturated heterocycles. The van der Waals surface area contributed by atoms with Gasteiger partial charge in [0.2, 0.25) is 4.96 Å². The van der Waals surface area contributed by atoms with Crippen molar-refractivity contribution in [3.05, 3.63) is 117 Å². The summed E-state index contributed by atoms with van der Waals surface area (Å²) in [4.78, 5) is 19.7. The second kappa shape index (κ2) is 12.0. The van der Waals surface area contributed by atoms with Gasteiger partial charge in [-0.15, -0.1) is 16.9 Å². The van der Waals surface area contributed by atoms with Gasteiger partial charge < -0.3 is 4.74 Å². The molecule has 3 aromatic carbocycles. The molecule has 0 aliphatic heterocycles. The van der Waals surface area contributed by atoms with E-state index in [4.69, 9.17) is 9.84 Å². The molecule has 0 spiro atoms. The van der Waals surface area contributed by atoms with Crippen LogP contribution in [0, 0.1) is 0 Å². The molecule has 3 aromatic heterocycles. The zero-order chi connectivity index (χ0) is 28.2. The quantitative estimate of drug-likeness (QED) is 0.190. The normalized spacial score (nSPS) is 12.1. The molecule has 204 valence electrons. The van der Waals surface area contributed by atoms with Crippen molar-refractivity contribution >= 4 is 46.3 Å². The molecule has 6 aromatic rings. The van der Waals surface area contributed by atoms with Crippen molar-refractivity contribution in [3.8, 4) is 22.7 Å². The topological polar surface area (TPSA) is 74.3 Å². The minimum atomic E-state index is -0.202. The number of benzene rings is 3. The van der Waals surface area contributed by atoms with Crippen molar-refractivity contribution in [1.82, 2.24) is 24.4 Å². The van der Waals surface area contributed by atoms with Crippen molar-refractivity contribution in [3.63, 3.8) is 0 Å². The maximum atomic E-state index is 13.3. The van der Waals surface area contributed by atoms with Crippen LogP contribution >= 0.6 is 23.1 Å². The van der Waals surface area contributed by atoms with E-state index >= 15 is 0 Å². The van der Waals surface area contributed by atoms with E-state index in [-0.39, 0.29) is 5.56 Å². The van der Waals surface area contributed by atoms with E-state index in [1.807, 2.05) is 89.4 Å². The van der Waals surface area contributed by atoms with Gasteiger partial charge in [-0.2, -0.15) is 14.6 Å². The molecule has 0 N–H and O–H groups in total. The second-order valence-electron chi connectivity index (χ2n) is 9.27. The van der Waals surface area contributed by atoms with Crippen LogP contribution < -0.4 is 14.8 Å². The van der Waals surface area contributed by atoms with Gasteiger partial charge in [0.25, 0.3) is 5.56 Å². The Morgan fingerprint density at radius 2 is 1.73 bits per heavy atom. The fourth-order valence-electron chi connectivity index (χ4n) is 4.31. The molecule has 41 heavy (non-hydrogen) atoms. The van der Waals surface area contributed by atoms with Crippen LogP contribution in [-0.4, -0.2) is 37.2 Å². The number of fused-ring (bicyclic) bond motifs is 1. The summed E-state index contributed by atoms with van der Waals surface area (Å²) in [5.41, 5.74) is 4.38. The van der Waals surface area contributed by atoms with Crippen LogP contribution in [-0.2, 0) is 0 Å². The summed E-state index contributed by atoms with van der Waals surface area (Å²) < 4.78 is 8.98. The number of thioether (sulfide) groups is 1. The Morgan fingerprint density at radius 3 is 2.44 bits per heavy atom. The Balaban J connectivity index is 1.35. The van der Waals surface area contributed by atoms with Crippen LogP contribution in [0.5, 0.6) is 5.75 Å². The van der Waals surface area contributed by atoms with Crippen molar-refractivity contribution < 1.29 is 4.74 Å². The molecule has 0 unspecified atom stereocenters. The number of aromatic nitrogens is 5. The monoisotopic (exact) mass is 577 g/mol. The van der Waals surface area contributed by atoms with Gasteiger partial charge in [0, 0.05) is 22.2 Å². The molecule has 0 amide bonds. The Bertz CT molecular complexity index is 1920. The van der Waals surface area contributed by atoms with Gasteiger partial charge in [-0.1, -0.05) is 66.8 Å². The van der Waals surface area contributed by atoms with Gasteiger partial charge in [-0.05, 0) is 66.3 Å². The van der Waals surface area contributed by atoms with E-state index in [0.717, 1.165) is 46.0 Å². The van der Waals surface area contributed by atoms with E-state index in [1.54, 1.807) is 13.2 Å². The van der Waals surface area contributed by atoms with Crippen molar-refractivity contribution in [2.75, 3.05) is 12.9 Å². The number of methoxy groups -OCH3 is 1. The number of hydrogen-bond donors (Lipinski definition) is 0. The predicted octanol–water partition coefficient (Wildman–Crippen LogP) is 6.23. The van der Waals surface area contributed by atoms with Crippen LogP contribution in [0.25, 0.3) is 40.1 Å². The SMILES string of the molecule is CCCSc1ccc(-c2nn(-c3ccccc3)cc2/C=c2\sc3nc(/C=C/c4ccc(OC)cc4)nn3c2=O)cc1. The maximum Gasteiger partial charge on any atom is 0.291 e. The molecule has 0 fully saturated rings. The zero-order valence-electron chi connectivity index (χ0n) is 22.6. The molecular formula is C32H27N5O2S2. The summed E-state index contributed by atoms with van der Waals surface area (Å²) in [5, 5.41) is 9.35. The molecule has 0 aliphatic carbocycles. The Kier molecular flexibility index (Phi) is 7.80.